The molecular formula is C6H5Cl2N3O3. The third-order valence-corrected chi connectivity index (χ3v) is 1.61. The molecule has 0 saturated heterocycles. The van der Waals surface area contributed by atoms with Gasteiger partial charge in [-0.3, -0.25) is 19.6 Å². The molecule has 0 saturated carbocycles. The van der Waals surface area contributed by atoms with E-state index in [4.69, 9.17) is 23.2 Å². The molecule has 0 spiro atoms. The summed E-state index contributed by atoms with van der Waals surface area (Å²) in [7, 11) is 0. The minimum Gasteiger partial charge on any atom is -0.310 e. The highest BCUT2D eigenvalue weighted by molar-refractivity contribution is 6.54. The van der Waals surface area contributed by atoms with Crippen LogP contribution in [0.25, 0.3) is 0 Å². The number of aromatic nitrogens is 2. The van der Waals surface area contributed by atoms with E-state index in [1.54, 1.807) is 0 Å². The molecule has 0 fully saturated rings. The zero-order valence-electron chi connectivity index (χ0n) is 6.64. The standard InChI is InChI=1S/C6H5Cl2N3O3/c7-4(8)5(13)9-2-1-3(12)11-6(14)10-2/h1,4H,(H3,9,10,11,12,13,14). The van der Waals surface area contributed by atoms with Crippen molar-refractivity contribution in [1.82, 2.24) is 9.97 Å². The van der Waals surface area contributed by atoms with Crippen molar-refractivity contribution in [2.75, 3.05) is 5.32 Å². The Morgan fingerprint density at radius 3 is 2.50 bits per heavy atom. The molecule has 6 nitrogen and oxygen atoms in total. The minimum absolute atomic E-state index is 0.0601. The molecule has 0 aliphatic heterocycles. The van der Waals surface area contributed by atoms with Gasteiger partial charge in [0, 0.05) is 6.07 Å². The summed E-state index contributed by atoms with van der Waals surface area (Å²) >= 11 is 10.5. The van der Waals surface area contributed by atoms with E-state index < -0.39 is 22.0 Å². The average molecular weight is 238 g/mol. The normalized spacial score (nSPS) is 10.2. The predicted octanol–water partition coefficient (Wildman–Crippen LogP) is -0.195. The van der Waals surface area contributed by atoms with Gasteiger partial charge in [-0.15, -0.1) is 0 Å². The number of hydrogen-bond acceptors (Lipinski definition) is 3. The van der Waals surface area contributed by atoms with Gasteiger partial charge in [-0.2, -0.15) is 0 Å². The molecular weight excluding hydrogens is 233 g/mol. The van der Waals surface area contributed by atoms with Crippen LogP contribution in [0.15, 0.2) is 15.7 Å². The molecule has 1 heterocycles. The lowest BCUT2D eigenvalue weighted by molar-refractivity contribution is -0.114. The number of halogens is 2. The number of hydrogen-bond donors (Lipinski definition) is 3. The van der Waals surface area contributed by atoms with E-state index in [9.17, 15) is 14.4 Å². The van der Waals surface area contributed by atoms with E-state index in [1.165, 1.54) is 0 Å². The van der Waals surface area contributed by atoms with E-state index >= 15 is 0 Å². The van der Waals surface area contributed by atoms with Crippen molar-refractivity contribution in [3.63, 3.8) is 0 Å². The van der Waals surface area contributed by atoms with Gasteiger partial charge in [0.15, 0.2) is 4.84 Å². The highest BCUT2D eigenvalue weighted by Crippen LogP contribution is 2.04. The second-order valence-electron chi connectivity index (χ2n) is 2.29. The summed E-state index contributed by atoms with van der Waals surface area (Å²) in [6, 6.07) is 0.995. The molecule has 0 aliphatic carbocycles. The lowest BCUT2D eigenvalue weighted by atomic mass is 10.5. The van der Waals surface area contributed by atoms with Gasteiger partial charge in [0.05, 0.1) is 0 Å². The maximum atomic E-state index is 10.9. The first-order valence-corrected chi connectivity index (χ1v) is 4.29. The third kappa shape index (κ3) is 2.90. The predicted molar refractivity (Wildman–Crippen MR) is 51.8 cm³/mol. The Hall–Kier alpha value is -1.27. The molecule has 0 unspecified atom stereocenters. The molecule has 3 N–H and O–H groups in total. The van der Waals surface area contributed by atoms with Crippen LogP contribution < -0.4 is 16.6 Å². The SMILES string of the molecule is O=C(Nc1cc(=O)[nH]c(=O)[nH]1)C(Cl)Cl. The second-order valence-corrected chi connectivity index (χ2v) is 3.39. The second kappa shape index (κ2) is 4.30. The average Bonchev–Trinajstić information content (AvgIpc) is 2.01. The topological polar surface area (TPSA) is 94.8 Å². The fraction of sp³-hybridized carbons (Fsp3) is 0.167. The van der Waals surface area contributed by atoms with Crippen LogP contribution in [-0.4, -0.2) is 20.7 Å². The smallest absolute Gasteiger partial charge is 0.310 e. The van der Waals surface area contributed by atoms with Gasteiger partial charge in [0.1, 0.15) is 5.82 Å². The van der Waals surface area contributed by atoms with E-state index in [0.717, 1.165) is 6.07 Å². The van der Waals surface area contributed by atoms with Crippen LogP contribution in [0.4, 0.5) is 5.82 Å². The Labute approximate surface area is 87.2 Å². The third-order valence-electron chi connectivity index (χ3n) is 1.22. The summed E-state index contributed by atoms with van der Waals surface area (Å²) in [4.78, 5) is 35.3. The Balaban J connectivity index is 2.93. The molecule has 76 valence electrons. The molecule has 1 aromatic rings. The number of anilines is 1. The van der Waals surface area contributed by atoms with Crippen molar-refractivity contribution in [2.24, 2.45) is 0 Å². The van der Waals surface area contributed by atoms with Gasteiger partial charge in [-0.05, 0) is 0 Å². The quantitative estimate of drug-likeness (QED) is 0.623. The monoisotopic (exact) mass is 237 g/mol. The first-order valence-electron chi connectivity index (χ1n) is 3.41. The fourth-order valence-electron chi connectivity index (χ4n) is 0.723. The number of aromatic amines is 2. The Bertz CT molecular complexity index is 422. The number of carbonyl (C=O) groups excluding carboxylic acids is 1. The van der Waals surface area contributed by atoms with Crippen molar-refractivity contribution in [1.29, 1.82) is 0 Å². The number of nitrogens with one attached hydrogen (secondary N) is 3. The zero-order chi connectivity index (χ0) is 10.7. The van der Waals surface area contributed by atoms with E-state index in [0.29, 0.717) is 0 Å². The van der Waals surface area contributed by atoms with Crippen molar-refractivity contribution >= 4 is 34.9 Å². The van der Waals surface area contributed by atoms with Gasteiger partial charge < -0.3 is 5.32 Å². The summed E-state index contributed by atoms with van der Waals surface area (Å²) in [5.41, 5.74) is -1.36. The first kappa shape index (κ1) is 10.8. The summed E-state index contributed by atoms with van der Waals surface area (Å²) in [6.45, 7) is 0. The molecule has 1 amide bonds. The van der Waals surface area contributed by atoms with Gasteiger partial charge in [0.25, 0.3) is 11.5 Å². The molecule has 0 bridgehead atoms. The molecule has 1 rings (SSSR count). The Morgan fingerprint density at radius 1 is 1.36 bits per heavy atom. The molecule has 8 heteroatoms. The van der Waals surface area contributed by atoms with Gasteiger partial charge in [-0.25, -0.2) is 4.79 Å². The number of rotatable bonds is 2. The summed E-state index contributed by atoms with van der Waals surface area (Å²) in [6.07, 6.45) is 0. The molecule has 0 radical (unpaired) electrons. The van der Waals surface area contributed by atoms with Crippen molar-refractivity contribution in [3.8, 4) is 0 Å². The molecule has 0 atom stereocenters. The van der Waals surface area contributed by atoms with Gasteiger partial charge in [0.2, 0.25) is 0 Å². The Morgan fingerprint density at radius 2 is 2.00 bits per heavy atom. The van der Waals surface area contributed by atoms with Crippen molar-refractivity contribution in [3.05, 3.63) is 26.9 Å². The van der Waals surface area contributed by atoms with Gasteiger partial charge in [-0.1, -0.05) is 23.2 Å². The molecule has 0 aromatic carbocycles. The number of alkyl halides is 2. The fourth-order valence-corrected chi connectivity index (χ4v) is 0.832. The van der Waals surface area contributed by atoms with E-state index in [-0.39, 0.29) is 5.82 Å². The maximum Gasteiger partial charge on any atom is 0.327 e. The molecule has 1 aromatic heterocycles. The minimum atomic E-state index is -1.27. The Kier molecular flexibility index (Phi) is 3.32. The van der Waals surface area contributed by atoms with E-state index in [1.807, 2.05) is 4.98 Å². The van der Waals surface area contributed by atoms with Gasteiger partial charge >= 0.3 is 5.69 Å². The number of amides is 1. The van der Waals surface area contributed by atoms with Crippen molar-refractivity contribution in [2.45, 2.75) is 4.84 Å². The van der Waals surface area contributed by atoms with Crippen LogP contribution in [0.3, 0.4) is 0 Å². The summed E-state index contributed by atoms with van der Waals surface area (Å²) in [5.74, 6) is -0.787. The van der Waals surface area contributed by atoms with Crippen LogP contribution in [0.5, 0.6) is 0 Å². The highest BCUT2D eigenvalue weighted by atomic mass is 35.5. The van der Waals surface area contributed by atoms with Crippen LogP contribution >= 0.6 is 23.2 Å². The highest BCUT2D eigenvalue weighted by Gasteiger charge is 2.11. The largest absolute Gasteiger partial charge is 0.327 e. The first-order chi connectivity index (χ1) is 6.49. The van der Waals surface area contributed by atoms with Crippen LogP contribution in [-0.2, 0) is 4.79 Å². The molecule has 14 heavy (non-hydrogen) atoms. The lowest BCUT2D eigenvalue weighted by Crippen LogP contribution is -2.26. The van der Waals surface area contributed by atoms with Crippen LogP contribution in [0, 0.1) is 0 Å². The zero-order valence-corrected chi connectivity index (χ0v) is 8.15. The maximum absolute atomic E-state index is 10.9. The van der Waals surface area contributed by atoms with Crippen LogP contribution in [0.2, 0.25) is 0 Å². The van der Waals surface area contributed by atoms with Crippen molar-refractivity contribution < 1.29 is 4.79 Å². The number of H-pyrrole nitrogens is 2. The summed E-state index contributed by atoms with van der Waals surface area (Å²) < 4.78 is 0. The lowest BCUT2D eigenvalue weighted by Gasteiger charge is -2.03. The van der Waals surface area contributed by atoms with Crippen LogP contribution in [0.1, 0.15) is 0 Å². The molecule has 0 aliphatic rings. The number of carbonyl (C=O) groups is 1. The summed E-state index contributed by atoms with van der Waals surface area (Å²) in [5, 5.41) is 2.14. The van der Waals surface area contributed by atoms with E-state index in [2.05, 4.69) is 10.3 Å².